The lowest BCUT2D eigenvalue weighted by Gasteiger charge is -2.35. The number of nitrogens with zero attached hydrogens (tertiary/aromatic N) is 1. The van der Waals surface area contributed by atoms with Gasteiger partial charge in [0.2, 0.25) is 5.91 Å². The van der Waals surface area contributed by atoms with Gasteiger partial charge in [0, 0.05) is 30.3 Å². The summed E-state index contributed by atoms with van der Waals surface area (Å²) < 4.78 is 32.3. The number of carbonyl (C=O) groups excluding carboxylic acids is 2. The van der Waals surface area contributed by atoms with E-state index in [0.717, 1.165) is 18.9 Å². The summed E-state index contributed by atoms with van der Waals surface area (Å²) in [6.07, 6.45) is 4.31. The van der Waals surface area contributed by atoms with Crippen molar-refractivity contribution in [3.63, 3.8) is 0 Å². The Hall–Kier alpha value is -2.70. The molecule has 2 bridgehead atoms. The monoisotopic (exact) mass is 402 g/mol. The van der Waals surface area contributed by atoms with Crippen LogP contribution in [0.2, 0.25) is 0 Å². The molecule has 2 aliphatic heterocycles. The van der Waals surface area contributed by atoms with Crippen LogP contribution in [0, 0.1) is 24.0 Å². The van der Waals surface area contributed by atoms with E-state index in [2.05, 4.69) is 5.32 Å². The summed E-state index contributed by atoms with van der Waals surface area (Å²) in [4.78, 5) is 28.2. The molecule has 2 amide bonds. The Morgan fingerprint density at radius 1 is 1.28 bits per heavy atom. The van der Waals surface area contributed by atoms with Crippen molar-refractivity contribution in [2.75, 3.05) is 0 Å². The second kappa shape index (κ2) is 7.28. The fraction of sp³-hybridized carbons (Fsp3) is 0.455. The largest absolute Gasteiger partial charge is 0.469 e. The molecule has 3 atom stereocenters. The Bertz CT molecular complexity index is 957. The highest BCUT2D eigenvalue weighted by Gasteiger charge is 2.60. The van der Waals surface area contributed by atoms with Crippen molar-refractivity contribution < 1.29 is 22.8 Å². The molecule has 154 valence electrons. The predicted octanol–water partition coefficient (Wildman–Crippen LogP) is 3.96. The zero-order valence-electron chi connectivity index (χ0n) is 16.5. The van der Waals surface area contributed by atoms with Gasteiger partial charge in [-0.05, 0) is 44.7 Å². The van der Waals surface area contributed by atoms with Crippen LogP contribution in [0.5, 0.6) is 0 Å². The normalized spacial score (nSPS) is 25.4. The SMILES string of the molecule is CC[C@]1(C(=O)NCc2ccc(F)cc2F)C[C@H]2CC[C@@H]1N2C(=O)c1ccoc1C. The average Bonchev–Trinajstić information content (AvgIpc) is 3.39. The van der Waals surface area contributed by atoms with Crippen LogP contribution in [0.3, 0.4) is 0 Å². The molecular weight excluding hydrogens is 378 g/mol. The maximum Gasteiger partial charge on any atom is 0.257 e. The molecule has 0 radical (unpaired) electrons. The fourth-order valence-electron chi connectivity index (χ4n) is 5.04. The molecule has 3 heterocycles. The highest BCUT2D eigenvalue weighted by molar-refractivity contribution is 5.97. The number of amides is 2. The van der Waals surface area contributed by atoms with E-state index < -0.39 is 17.0 Å². The van der Waals surface area contributed by atoms with Gasteiger partial charge in [-0.1, -0.05) is 13.0 Å². The van der Waals surface area contributed by atoms with Gasteiger partial charge in [-0.25, -0.2) is 8.78 Å². The Balaban J connectivity index is 1.53. The lowest BCUT2D eigenvalue weighted by atomic mass is 9.71. The summed E-state index contributed by atoms with van der Waals surface area (Å²) in [5, 5.41) is 2.83. The molecule has 4 rings (SSSR count). The van der Waals surface area contributed by atoms with E-state index in [1.807, 2.05) is 11.8 Å². The summed E-state index contributed by atoms with van der Waals surface area (Å²) in [7, 11) is 0. The third kappa shape index (κ3) is 3.12. The van der Waals surface area contributed by atoms with Crippen LogP contribution >= 0.6 is 0 Å². The third-order valence-corrected chi connectivity index (χ3v) is 6.60. The summed E-state index contributed by atoms with van der Waals surface area (Å²) in [5.41, 5.74) is 0.0610. The van der Waals surface area contributed by atoms with Gasteiger partial charge in [-0.15, -0.1) is 0 Å². The van der Waals surface area contributed by atoms with E-state index in [1.165, 1.54) is 18.4 Å². The number of aryl methyl sites for hydroxylation is 1. The average molecular weight is 402 g/mol. The first-order valence-electron chi connectivity index (χ1n) is 9.96. The summed E-state index contributed by atoms with van der Waals surface area (Å²) in [6, 6.07) is 4.79. The van der Waals surface area contributed by atoms with E-state index in [4.69, 9.17) is 4.42 Å². The van der Waals surface area contributed by atoms with Gasteiger partial charge in [0.05, 0.1) is 17.2 Å². The predicted molar refractivity (Wildman–Crippen MR) is 102 cm³/mol. The van der Waals surface area contributed by atoms with Gasteiger partial charge in [-0.2, -0.15) is 0 Å². The minimum absolute atomic E-state index is 0.00931. The molecule has 7 heteroatoms. The number of hydrogen-bond donors (Lipinski definition) is 1. The molecule has 2 saturated heterocycles. The van der Waals surface area contributed by atoms with Gasteiger partial charge in [0.15, 0.2) is 0 Å². The van der Waals surface area contributed by atoms with Gasteiger partial charge < -0.3 is 14.6 Å². The molecule has 5 nitrogen and oxygen atoms in total. The smallest absolute Gasteiger partial charge is 0.257 e. The summed E-state index contributed by atoms with van der Waals surface area (Å²) in [5.74, 6) is -1.05. The van der Waals surface area contributed by atoms with Crippen molar-refractivity contribution >= 4 is 11.8 Å². The standard InChI is InChI=1S/C22H24F2N2O3/c1-3-22(21(28)25-12-14-4-5-15(23)10-18(14)24)11-16-6-7-19(22)26(16)20(27)17-8-9-29-13(17)2/h4-5,8-10,16,19H,3,6-7,11-12H2,1-2H3,(H,25,28)/t16-,19+,22+/m1/s1. The van der Waals surface area contributed by atoms with E-state index >= 15 is 0 Å². The topological polar surface area (TPSA) is 62.6 Å². The van der Waals surface area contributed by atoms with Gasteiger partial charge in [-0.3, -0.25) is 9.59 Å². The molecular formula is C22H24F2N2O3. The van der Waals surface area contributed by atoms with Crippen LogP contribution < -0.4 is 5.32 Å². The molecule has 1 aromatic heterocycles. The highest BCUT2D eigenvalue weighted by atomic mass is 19.1. The third-order valence-electron chi connectivity index (χ3n) is 6.60. The molecule has 1 N–H and O–H groups in total. The van der Waals surface area contributed by atoms with Crippen LogP contribution in [0.15, 0.2) is 34.9 Å². The number of carbonyl (C=O) groups is 2. The quantitative estimate of drug-likeness (QED) is 0.824. The summed E-state index contributed by atoms with van der Waals surface area (Å²) in [6.45, 7) is 3.69. The van der Waals surface area contributed by atoms with E-state index in [-0.39, 0.29) is 36.0 Å². The van der Waals surface area contributed by atoms with Crippen LogP contribution in [0.25, 0.3) is 0 Å². The summed E-state index contributed by atoms with van der Waals surface area (Å²) >= 11 is 0. The molecule has 2 aromatic rings. The first kappa shape index (κ1) is 19.6. The van der Waals surface area contributed by atoms with Crippen molar-refractivity contribution in [1.29, 1.82) is 0 Å². The van der Waals surface area contributed by atoms with Gasteiger partial charge in [0.25, 0.3) is 5.91 Å². The van der Waals surface area contributed by atoms with Crippen molar-refractivity contribution in [1.82, 2.24) is 10.2 Å². The zero-order chi connectivity index (χ0) is 20.8. The van der Waals surface area contributed by atoms with Crippen molar-refractivity contribution in [3.8, 4) is 0 Å². The van der Waals surface area contributed by atoms with Crippen molar-refractivity contribution in [2.24, 2.45) is 5.41 Å². The van der Waals surface area contributed by atoms with E-state index in [1.54, 1.807) is 13.0 Å². The van der Waals surface area contributed by atoms with Crippen LogP contribution in [-0.2, 0) is 11.3 Å². The number of benzene rings is 1. The lowest BCUT2D eigenvalue weighted by Crippen LogP contribution is -2.49. The molecule has 0 aliphatic carbocycles. The molecule has 0 saturated carbocycles. The molecule has 0 unspecified atom stereocenters. The Morgan fingerprint density at radius 2 is 2.07 bits per heavy atom. The number of fused-ring (bicyclic) bond motifs is 2. The minimum Gasteiger partial charge on any atom is -0.469 e. The van der Waals surface area contributed by atoms with E-state index in [0.29, 0.717) is 24.2 Å². The van der Waals surface area contributed by atoms with Gasteiger partial charge in [0.1, 0.15) is 17.4 Å². The van der Waals surface area contributed by atoms with Crippen LogP contribution in [-0.4, -0.2) is 28.8 Å². The Morgan fingerprint density at radius 3 is 2.72 bits per heavy atom. The lowest BCUT2D eigenvalue weighted by molar-refractivity contribution is -0.133. The Labute approximate surface area is 168 Å². The molecule has 29 heavy (non-hydrogen) atoms. The molecule has 2 fully saturated rings. The molecule has 1 aromatic carbocycles. The Kier molecular flexibility index (Phi) is 4.92. The first-order chi connectivity index (χ1) is 13.9. The number of rotatable bonds is 5. The van der Waals surface area contributed by atoms with Crippen LogP contribution in [0.4, 0.5) is 8.78 Å². The van der Waals surface area contributed by atoms with E-state index in [9.17, 15) is 18.4 Å². The molecule has 2 aliphatic rings. The number of halogens is 2. The zero-order valence-corrected chi connectivity index (χ0v) is 16.5. The first-order valence-corrected chi connectivity index (χ1v) is 9.96. The van der Waals surface area contributed by atoms with Crippen molar-refractivity contribution in [2.45, 2.75) is 58.2 Å². The van der Waals surface area contributed by atoms with Crippen molar-refractivity contribution in [3.05, 3.63) is 59.1 Å². The number of nitrogens with one attached hydrogen (secondary N) is 1. The fourth-order valence-corrected chi connectivity index (χ4v) is 5.04. The van der Waals surface area contributed by atoms with Gasteiger partial charge >= 0.3 is 0 Å². The second-order valence-corrected chi connectivity index (χ2v) is 7.98. The number of hydrogen-bond acceptors (Lipinski definition) is 3. The maximum atomic E-state index is 13.9. The molecule has 0 spiro atoms. The van der Waals surface area contributed by atoms with Crippen LogP contribution in [0.1, 0.15) is 54.3 Å². The highest BCUT2D eigenvalue weighted by Crippen LogP contribution is 2.52. The maximum absolute atomic E-state index is 13.9. The minimum atomic E-state index is -0.702. The second-order valence-electron chi connectivity index (χ2n) is 7.98. The number of furan rings is 1.